The number of carbonyl (C=O) groups is 1. The molecule has 1 N–H and O–H groups in total. The predicted octanol–water partition coefficient (Wildman–Crippen LogP) is 6.99. The molecule has 2 aromatic carbocycles. The number of fused-ring (bicyclic) bond motifs is 1. The Hall–Kier alpha value is -2.46. The molecule has 1 aliphatic rings. The van der Waals surface area contributed by atoms with Gasteiger partial charge in [0.1, 0.15) is 5.82 Å². The Kier molecular flexibility index (Phi) is 6.52. The Morgan fingerprint density at radius 1 is 1.09 bits per heavy atom. The highest BCUT2D eigenvalue weighted by atomic mass is 35.5. The van der Waals surface area contributed by atoms with Gasteiger partial charge in [0.05, 0.1) is 11.1 Å². The van der Waals surface area contributed by atoms with Gasteiger partial charge in [0.25, 0.3) is 0 Å². The summed E-state index contributed by atoms with van der Waals surface area (Å²) in [6, 6.07) is 14.4. The first-order valence-corrected chi connectivity index (χ1v) is 11.7. The third-order valence-corrected chi connectivity index (χ3v) is 7.32. The Morgan fingerprint density at radius 2 is 1.78 bits per heavy atom. The summed E-state index contributed by atoms with van der Waals surface area (Å²) in [5.74, 6) is 0.518. The monoisotopic (exact) mass is 452 g/mol. The van der Waals surface area contributed by atoms with Crippen LogP contribution in [0.15, 0.2) is 54.7 Å². The fourth-order valence-corrected chi connectivity index (χ4v) is 5.13. The molecule has 4 rings (SSSR count). The Morgan fingerprint density at radius 3 is 2.47 bits per heavy atom. The van der Waals surface area contributed by atoms with Gasteiger partial charge in [-0.2, -0.15) is 0 Å². The number of amides is 1. The number of nitrogens with zero attached hydrogens (tertiary/aromatic N) is 1. The first-order valence-electron chi connectivity index (χ1n) is 11.4. The van der Waals surface area contributed by atoms with Crippen LogP contribution in [0.2, 0.25) is 5.02 Å². The van der Waals surface area contributed by atoms with E-state index < -0.39 is 5.54 Å². The highest BCUT2D eigenvalue weighted by Crippen LogP contribution is 2.41. The van der Waals surface area contributed by atoms with Gasteiger partial charge in [0, 0.05) is 22.5 Å². The minimum absolute atomic E-state index is 0.0610. The minimum Gasteiger partial charge on any atom is -0.347 e. The van der Waals surface area contributed by atoms with E-state index in [1.807, 2.05) is 57.3 Å². The number of halogens is 2. The molecule has 1 aliphatic carbocycles. The molecule has 1 amide bonds. The van der Waals surface area contributed by atoms with Crippen molar-refractivity contribution < 1.29 is 9.18 Å². The molecule has 5 heteroatoms. The van der Waals surface area contributed by atoms with Crippen molar-refractivity contribution in [2.24, 2.45) is 11.8 Å². The summed E-state index contributed by atoms with van der Waals surface area (Å²) < 4.78 is 13.8. The molecule has 0 spiro atoms. The predicted molar refractivity (Wildman–Crippen MR) is 128 cm³/mol. The van der Waals surface area contributed by atoms with Crippen molar-refractivity contribution in [3.05, 3.63) is 76.7 Å². The van der Waals surface area contributed by atoms with Gasteiger partial charge in [0.15, 0.2) is 0 Å². The maximum Gasteiger partial charge on any atom is 0.223 e. The van der Waals surface area contributed by atoms with Crippen LogP contribution in [-0.4, -0.2) is 10.9 Å². The van der Waals surface area contributed by atoms with E-state index in [0.29, 0.717) is 16.9 Å². The van der Waals surface area contributed by atoms with E-state index in [2.05, 4.69) is 10.3 Å². The van der Waals surface area contributed by atoms with Crippen LogP contribution in [0.1, 0.15) is 63.5 Å². The normalized spacial score (nSPS) is 20.2. The molecule has 0 aliphatic heterocycles. The standard InChI is InChI=1S/C27H30ClFN2O/c1-17(26(32)31-27(2,3)20-8-10-21(28)11-9-20)18-4-6-19(7-5-18)23-14-15-30-25-13-12-22(29)16-24(23)25/h8-19H,4-7H2,1-3H3,(H,31,32)/t17-,18-,19+/m1/s1. The van der Waals surface area contributed by atoms with Gasteiger partial charge < -0.3 is 5.32 Å². The summed E-state index contributed by atoms with van der Waals surface area (Å²) in [5, 5.41) is 4.83. The number of carbonyl (C=O) groups excluding carboxylic acids is 1. The van der Waals surface area contributed by atoms with Crippen LogP contribution in [0, 0.1) is 17.7 Å². The van der Waals surface area contributed by atoms with Crippen molar-refractivity contribution >= 4 is 28.4 Å². The zero-order valence-electron chi connectivity index (χ0n) is 18.9. The lowest BCUT2D eigenvalue weighted by atomic mass is 9.73. The number of aromatic nitrogens is 1. The van der Waals surface area contributed by atoms with Crippen molar-refractivity contribution in [2.45, 2.75) is 57.9 Å². The zero-order chi connectivity index (χ0) is 22.9. The van der Waals surface area contributed by atoms with Gasteiger partial charge in [-0.3, -0.25) is 9.78 Å². The Bertz CT molecular complexity index is 1100. The maximum absolute atomic E-state index is 13.8. The number of rotatable bonds is 5. The number of hydrogen-bond donors (Lipinski definition) is 1. The van der Waals surface area contributed by atoms with Gasteiger partial charge >= 0.3 is 0 Å². The summed E-state index contributed by atoms with van der Waals surface area (Å²) in [5.41, 5.74) is 2.58. The third kappa shape index (κ3) is 4.80. The summed E-state index contributed by atoms with van der Waals surface area (Å²) in [4.78, 5) is 17.5. The fourth-order valence-electron chi connectivity index (χ4n) is 5.00. The van der Waals surface area contributed by atoms with Crippen LogP contribution < -0.4 is 5.32 Å². The van der Waals surface area contributed by atoms with Gasteiger partial charge in [-0.1, -0.05) is 30.7 Å². The SMILES string of the molecule is C[C@@H](C(=O)NC(C)(C)c1ccc(Cl)cc1)[C@H]1CC[C@@H](c2ccnc3ccc(F)cc32)CC1. The van der Waals surface area contributed by atoms with Crippen LogP contribution in [-0.2, 0) is 10.3 Å². The number of nitrogens with one attached hydrogen (secondary N) is 1. The Labute approximate surface area is 194 Å². The summed E-state index contributed by atoms with van der Waals surface area (Å²) in [7, 11) is 0. The number of benzene rings is 2. The topological polar surface area (TPSA) is 42.0 Å². The molecule has 32 heavy (non-hydrogen) atoms. The maximum atomic E-state index is 13.8. The second-order valence-electron chi connectivity index (χ2n) is 9.58. The second-order valence-corrected chi connectivity index (χ2v) is 10.0. The van der Waals surface area contributed by atoms with E-state index in [-0.39, 0.29) is 17.6 Å². The Balaban J connectivity index is 1.40. The van der Waals surface area contributed by atoms with E-state index in [0.717, 1.165) is 42.1 Å². The molecular formula is C27H30ClFN2O. The van der Waals surface area contributed by atoms with E-state index in [1.165, 1.54) is 11.6 Å². The molecule has 0 radical (unpaired) electrons. The molecule has 1 atom stereocenters. The van der Waals surface area contributed by atoms with Crippen molar-refractivity contribution in [2.75, 3.05) is 0 Å². The molecular weight excluding hydrogens is 423 g/mol. The van der Waals surface area contributed by atoms with Crippen LogP contribution in [0.3, 0.4) is 0 Å². The molecule has 0 unspecified atom stereocenters. The lowest BCUT2D eigenvalue weighted by molar-refractivity contribution is -0.128. The molecule has 1 saturated carbocycles. The highest BCUT2D eigenvalue weighted by Gasteiger charge is 2.33. The average molecular weight is 453 g/mol. The van der Waals surface area contributed by atoms with Gasteiger partial charge in [-0.25, -0.2) is 4.39 Å². The first kappa shape index (κ1) is 22.7. The van der Waals surface area contributed by atoms with E-state index in [1.54, 1.807) is 12.1 Å². The quantitative estimate of drug-likeness (QED) is 0.453. The van der Waals surface area contributed by atoms with Gasteiger partial charge in [-0.05, 0) is 98.9 Å². The third-order valence-electron chi connectivity index (χ3n) is 7.07. The number of hydrogen-bond acceptors (Lipinski definition) is 2. The lowest BCUT2D eigenvalue weighted by Crippen LogP contribution is -2.45. The molecule has 0 saturated heterocycles. The molecule has 1 fully saturated rings. The van der Waals surface area contributed by atoms with Crippen LogP contribution in [0.5, 0.6) is 0 Å². The minimum atomic E-state index is -0.465. The van der Waals surface area contributed by atoms with Crippen LogP contribution >= 0.6 is 11.6 Å². The smallest absolute Gasteiger partial charge is 0.223 e. The van der Waals surface area contributed by atoms with E-state index >= 15 is 0 Å². The van der Waals surface area contributed by atoms with Crippen molar-refractivity contribution in [3.8, 4) is 0 Å². The van der Waals surface area contributed by atoms with Crippen molar-refractivity contribution in [3.63, 3.8) is 0 Å². The van der Waals surface area contributed by atoms with Gasteiger partial charge in [0.2, 0.25) is 5.91 Å². The van der Waals surface area contributed by atoms with E-state index in [4.69, 9.17) is 11.6 Å². The zero-order valence-corrected chi connectivity index (χ0v) is 19.6. The van der Waals surface area contributed by atoms with Crippen molar-refractivity contribution in [1.29, 1.82) is 0 Å². The molecule has 3 aromatic rings. The molecule has 0 bridgehead atoms. The number of pyridine rings is 1. The highest BCUT2D eigenvalue weighted by molar-refractivity contribution is 6.30. The first-order chi connectivity index (χ1) is 15.2. The van der Waals surface area contributed by atoms with Crippen LogP contribution in [0.4, 0.5) is 4.39 Å². The fraction of sp³-hybridized carbons (Fsp3) is 0.407. The molecule has 168 valence electrons. The average Bonchev–Trinajstić information content (AvgIpc) is 2.78. The largest absolute Gasteiger partial charge is 0.347 e. The molecule has 1 heterocycles. The lowest BCUT2D eigenvalue weighted by Gasteiger charge is -2.34. The molecule has 1 aromatic heterocycles. The summed E-state index contributed by atoms with van der Waals surface area (Å²) in [6.07, 6.45) is 5.78. The molecule has 3 nitrogen and oxygen atoms in total. The van der Waals surface area contributed by atoms with Gasteiger partial charge in [-0.15, -0.1) is 0 Å². The van der Waals surface area contributed by atoms with Crippen molar-refractivity contribution in [1.82, 2.24) is 10.3 Å². The summed E-state index contributed by atoms with van der Waals surface area (Å²) >= 11 is 6.01. The summed E-state index contributed by atoms with van der Waals surface area (Å²) in [6.45, 7) is 6.08. The van der Waals surface area contributed by atoms with E-state index in [9.17, 15) is 9.18 Å². The second kappa shape index (κ2) is 9.19. The van der Waals surface area contributed by atoms with Crippen LogP contribution in [0.25, 0.3) is 10.9 Å².